The second-order valence-electron chi connectivity index (χ2n) is 5.00. The van der Waals surface area contributed by atoms with E-state index in [1.165, 1.54) is 11.3 Å². The van der Waals surface area contributed by atoms with Gasteiger partial charge in [0.05, 0.1) is 11.4 Å². The molecule has 0 atom stereocenters. The van der Waals surface area contributed by atoms with Crippen molar-refractivity contribution in [1.29, 1.82) is 0 Å². The number of rotatable bonds is 7. The molecule has 3 N–H and O–H groups in total. The van der Waals surface area contributed by atoms with Crippen LogP contribution in [0.2, 0.25) is 0 Å². The van der Waals surface area contributed by atoms with Crippen molar-refractivity contribution in [3.05, 3.63) is 52.2 Å². The minimum absolute atomic E-state index is 0.141. The molecule has 0 aliphatic rings. The molecule has 0 aliphatic carbocycles. The molecule has 0 fully saturated rings. The maximum Gasteiger partial charge on any atom is 0.265 e. The quantitative estimate of drug-likeness (QED) is 0.663. The van der Waals surface area contributed by atoms with Crippen molar-refractivity contribution >= 4 is 34.7 Å². The average molecular weight is 355 g/mol. The summed E-state index contributed by atoms with van der Waals surface area (Å²) in [5.74, 6) is 1.53. The van der Waals surface area contributed by atoms with Crippen LogP contribution in [-0.2, 0) is 4.79 Å². The van der Waals surface area contributed by atoms with E-state index in [1.807, 2.05) is 5.38 Å². The Labute approximate surface area is 149 Å². The summed E-state index contributed by atoms with van der Waals surface area (Å²) in [7, 11) is 0. The number of carbonyl (C=O) groups is 3. The molecular weight excluding hydrogens is 338 g/mol. The Morgan fingerprint density at radius 2 is 1.92 bits per heavy atom. The van der Waals surface area contributed by atoms with Crippen molar-refractivity contribution in [1.82, 2.24) is 10.6 Å². The molecule has 128 valence electrons. The highest BCUT2D eigenvalue weighted by Crippen LogP contribution is 2.14. The van der Waals surface area contributed by atoms with Crippen LogP contribution in [0.1, 0.15) is 26.5 Å². The zero-order valence-electron chi connectivity index (χ0n) is 13.4. The summed E-state index contributed by atoms with van der Waals surface area (Å²) >= 11 is 1.34. The van der Waals surface area contributed by atoms with Gasteiger partial charge in [-0.15, -0.1) is 17.8 Å². The molecule has 1 aromatic heterocycles. The van der Waals surface area contributed by atoms with Crippen LogP contribution in [0.5, 0.6) is 0 Å². The van der Waals surface area contributed by atoms with Gasteiger partial charge in [-0.25, -0.2) is 0 Å². The van der Waals surface area contributed by atoms with Gasteiger partial charge < -0.3 is 16.0 Å². The Kier molecular flexibility index (Phi) is 6.75. The third-order valence-electron chi connectivity index (χ3n) is 3.15. The molecule has 0 unspecified atom stereocenters. The van der Waals surface area contributed by atoms with Gasteiger partial charge in [0, 0.05) is 24.2 Å². The fraction of sp³-hybridized carbons (Fsp3) is 0.167. The van der Waals surface area contributed by atoms with E-state index in [1.54, 1.807) is 36.4 Å². The summed E-state index contributed by atoms with van der Waals surface area (Å²) in [4.78, 5) is 36.1. The largest absolute Gasteiger partial charge is 0.352 e. The third kappa shape index (κ3) is 5.79. The lowest BCUT2D eigenvalue weighted by Gasteiger charge is -2.08. The van der Waals surface area contributed by atoms with Crippen LogP contribution in [0.15, 0.2) is 41.8 Å². The predicted octanol–water partition coefficient (Wildman–Crippen LogP) is 1.87. The fourth-order valence-corrected chi connectivity index (χ4v) is 2.59. The fourth-order valence-electron chi connectivity index (χ4n) is 1.97. The highest BCUT2D eigenvalue weighted by molar-refractivity contribution is 7.12. The van der Waals surface area contributed by atoms with Crippen molar-refractivity contribution in [3.63, 3.8) is 0 Å². The Hall–Kier alpha value is -3.11. The molecule has 1 heterocycles. The maximum absolute atomic E-state index is 12.1. The summed E-state index contributed by atoms with van der Waals surface area (Å²) in [6, 6.07) is 10.1. The minimum Gasteiger partial charge on any atom is -0.352 e. The molecule has 2 rings (SSSR count). The monoisotopic (exact) mass is 355 g/mol. The Morgan fingerprint density at radius 3 is 2.64 bits per heavy atom. The van der Waals surface area contributed by atoms with Crippen LogP contribution in [0.4, 0.5) is 5.69 Å². The molecule has 1 aromatic carbocycles. The number of anilines is 1. The number of terminal acetylenes is 1. The number of amides is 3. The first-order chi connectivity index (χ1) is 12.1. The third-order valence-corrected chi connectivity index (χ3v) is 4.02. The van der Waals surface area contributed by atoms with Gasteiger partial charge in [0.15, 0.2) is 0 Å². The summed E-state index contributed by atoms with van der Waals surface area (Å²) in [6.45, 7) is 0.361. The van der Waals surface area contributed by atoms with Gasteiger partial charge in [-0.05, 0) is 29.6 Å². The molecule has 0 saturated heterocycles. The van der Waals surface area contributed by atoms with Crippen LogP contribution in [0.25, 0.3) is 0 Å². The highest BCUT2D eigenvalue weighted by atomic mass is 32.1. The van der Waals surface area contributed by atoms with Gasteiger partial charge in [-0.1, -0.05) is 18.1 Å². The predicted molar refractivity (Wildman–Crippen MR) is 97.5 cm³/mol. The Balaban J connectivity index is 1.87. The van der Waals surface area contributed by atoms with Crippen LogP contribution >= 0.6 is 11.3 Å². The van der Waals surface area contributed by atoms with E-state index in [4.69, 9.17) is 6.42 Å². The van der Waals surface area contributed by atoms with Crippen molar-refractivity contribution in [2.24, 2.45) is 0 Å². The number of carbonyl (C=O) groups excluding carboxylic acids is 3. The normalized spacial score (nSPS) is 9.72. The van der Waals surface area contributed by atoms with Crippen molar-refractivity contribution < 1.29 is 14.4 Å². The SMILES string of the molecule is C#CCNC(=O)CCNC(=O)c1cccc(NC(=O)c2cccs2)c1. The van der Waals surface area contributed by atoms with Gasteiger partial charge >= 0.3 is 0 Å². The lowest BCUT2D eigenvalue weighted by atomic mass is 10.2. The number of benzene rings is 1. The van der Waals surface area contributed by atoms with Gasteiger partial charge in [-0.3, -0.25) is 14.4 Å². The lowest BCUT2D eigenvalue weighted by Crippen LogP contribution is -2.30. The van der Waals surface area contributed by atoms with Crippen molar-refractivity contribution in [2.75, 3.05) is 18.4 Å². The van der Waals surface area contributed by atoms with E-state index < -0.39 is 0 Å². The smallest absolute Gasteiger partial charge is 0.265 e. The van der Waals surface area contributed by atoms with Gasteiger partial charge in [0.1, 0.15) is 0 Å². The highest BCUT2D eigenvalue weighted by Gasteiger charge is 2.10. The van der Waals surface area contributed by atoms with Crippen molar-refractivity contribution in [2.45, 2.75) is 6.42 Å². The van der Waals surface area contributed by atoms with Crippen LogP contribution in [0.3, 0.4) is 0 Å². The number of nitrogens with one attached hydrogen (secondary N) is 3. The van der Waals surface area contributed by atoms with E-state index in [2.05, 4.69) is 21.9 Å². The first kappa shape index (κ1) is 18.2. The van der Waals surface area contributed by atoms with Gasteiger partial charge in [0.2, 0.25) is 5.91 Å². The molecule has 2 aromatic rings. The minimum atomic E-state index is -0.322. The van der Waals surface area contributed by atoms with Crippen molar-refractivity contribution in [3.8, 4) is 12.3 Å². The second kappa shape index (κ2) is 9.25. The second-order valence-corrected chi connectivity index (χ2v) is 5.95. The average Bonchev–Trinajstić information content (AvgIpc) is 3.15. The number of hydrogen-bond acceptors (Lipinski definition) is 4. The van der Waals surface area contributed by atoms with Gasteiger partial charge in [-0.2, -0.15) is 0 Å². The molecule has 25 heavy (non-hydrogen) atoms. The summed E-state index contributed by atoms with van der Waals surface area (Å²) in [6.07, 6.45) is 5.19. The molecule has 0 bridgehead atoms. The van der Waals surface area contributed by atoms with Crippen LogP contribution in [0, 0.1) is 12.3 Å². The zero-order chi connectivity index (χ0) is 18.1. The summed E-state index contributed by atoms with van der Waals surface area (Å²) < 4.78 is 0. The molecule has 0 radical (unpaired) electrons. The summed E-state index contributed by atoms with van der Waals surface area (Å²) in [5.41, 5.74) is 0.922. The molecule has 6 nitrogen and oxygen atoms in total. The van der Waals surface area contributed by atoms with E-state index in [0.717, 1.165) is 0 Å². The number of thiophene rings is 1. The number of hydrogen-bond donors (Lipinski definition) is 3. The molecule has 7 heteroatoms. The van der Waals surface area contributed by atoms with E-state index in [-0.39, 0.29) is 37.2 Å². The van der Waals surface area contributed by atoms with Crippen LogP contribution < -0.4 is 16.0 Å². The molecule has 0 aliphatic heterocycles. The van der Waals surface area contributed by atoms with E-state index in [0.29, 0.717) is 16.1 Å². The Bertz CT molecular complexity index is 794. The van der Waals surface area contributed by atoms with Gasteiger partial charge in [0.25, 0.3) is 11.8 Å². The maximum atomic E-state index is 12.1. The standard InChI is InChI=1S/C18H17N3O3S/c1-2-9-19-16(22)8-10-20-17(23)13-5-3-6-14(12-13)21-18(24)15-7-4-11-25-15/h1,3-7,11-12H,8-10H2,(H,19,22)(H,20,23)(H,21,24). The molecular formula is C18H17N3O3S. The Morgan fingerprint density at radius 1 is 1.08 bits per heavy atom. The van der Waals surface area contributed by atoms with E-state index >= 15 is 0 Å². The molecule has 0 saturated carbocycles. The molecule has 3 amide bonds. The first-order valence-corrected chi connectivity index (χ1v) is 8.41. The molecule has 0 spiro atoms. The van der Waals surface area contributed by atoms with Crippen LogP contribution in [-0.4, -0.2) is 30.8 Å². The lowest BCUT2D eigenvalue weighted by molar-refractivity contribution is -0.120. The van der Waals surface area contributed by atoms with E-state index in [9.17, 15) is 14.4 Å². The topological polar surface area (TPSA) is 87.3 Å². The zero-order valence-corrected chi connectivity index (χ0v) is 14.2. The first-order valence-electron chi connectivity index (χ1n) is 7.53. The summed E-state index contributed by atoms with van der Waals surface area (Å²) in [5, 5.41) is 9.73.